The van der Waals surface area contributed by atoms with Crippen molar-refractivity contribution in [2.24, 2.45) is 0 Å². The van der Waals surface area contributed by atoms with Gasteiger partial charge in [0.2, 0.25) is 0 Å². The van der Waals surface area contributed by atoms with Crippen molar-refractivity contribution in [3.63, 3.8) is 0 Å². The van der Waals surface area contributed by atoms with Crippen molar-refractivity contribution in [3.05, 3.63) is 66.9 Å². The zero-order chi connectivity index (χ0) is 36.0. The normalized spacial score (nSPS) is 19.0. The number of ether oxygens (including phenoxy) is 1. The average molecular weight is 712 g/mol. The number of carbonyl (C=O) groups excluding carboxylic acids is 1. The van der Waals surface area contributed by atoms with Gasteiger partial charge in [-0.1, -0.05) is 38.1 Å². The first-order valence-electron chi connectivity index (χ1n) is 15.5. The van der Waals surface area contributed by atoms with Crippen LogP contribution < -0.4 is 10.5 Å². The van der Waals surface area contributed by atoms with Gasteiger partial charge in [0.15, 0.2) is 17.7 Å². The maximum Gasteiger partial charge on any atom is 0.362 e. The van der Waals surface area contributed by atoms with Crippen LogP contribution in [0.15, 0.2) is 61.3 Å². The summed E-state index contributed by atoms with van der Waals surface area (Å²) < 4.78 is 39.5. The molecule has 0 bridgehead atoms. The summed E-state index contributed by atoms with van der Waals surface area (Å²) in [4.78, 5) is 31.5. The molecule has 19 nitrogen and oxygen atoms in total. The van der Waals surface area contributed by atoms with E-state index < -0.39 is 53.1 Å². The van der Waals surface area contributed by atoms with Crippen molar-refractivity contribution in [1.82, 2.24) is 49.1 Å². The fourth-order valence-electron chi connectivity index (χ4n) is 5.02. The van der Waals surface area contributed by atoms with Gasteiger partial charge in [0.1, 0.15) is 35.3 Å². The second kappa shape index (κ2) is 15.6. The van der Waals surface area contributed by atoms with Crippen molar-refractivity contribution >= 4 is 33.2 Å². The fraction of sp³-hybridized carbons (Fsp3) is 0.367. The Kier molecular flexibility index (Phi) is 11.3. The molecule has 0 spiro atoms. The lowest BCUT2D eigenvalue weighted by Gasteiger charge is -2.16. The number of fused-ring (bicyclic) bond motifs is 1. The number of imidazole rings is 1. The number of pyridine rings is 1. The highest BCUT2D eigenvalue weighted by molar-refractivity contribution is 7.85. The number of aromatic hydroxyl groups is 1. The standard InChI is InChI=1S/C24H22N10O8S.C6H15N/c25-20-17-21(29-24(28-20)34-9-14(30-32-34)12-5-7-26-8-6-12)33(11-27-17)23-19(37)18(36)16(42-23)10-41-43(39,40)31-22(38)13-3-1-2-4-15(13)35;1-4-7(5-2)6-3/h1-9,11,16,18-19,23,35-37H,10H2,(H,31,38)(H2,25,28,29);4-6H2,1-3H3/t16-,18-,19-,23-;/m1./s1. The summed E-state index contributed by atoms with van der Waals surface area (Å²) in [7, 11) is -4.70. The number of hydrogen-bond acceptors (Lipinski definition) is 16. The van der Waals surface area contributed by atoms with Crippen LogP contribution in [0.2, 0.25) is 0 Å². The van der Waals surface area contributed by atoms with E-state index in [0.29, 0.717) is 5.69 Å². The Labute approximate surface area is 286 Å². The molecule has 0 aliphatic carbocycles. The summed E-state index contributed by atoms with van der Waals surface area (Å²) >= 11 is 0. The van der Waals surface area contributed by atoms with E-state index in [1.165, 1.54) is 59.5 Å². The Hall–Kier alpha value is -5.12. The lowest BCUT2D eigenvalue weighted by atomic mass is 10.1. The van der Waals surface area contributed by atoms with E-state index in [9.17, 15) is 28.5 Å². The van der Waals surface area contributed by atoms with E-state index in [4.69, 9.17) is 14.7 Å². The average Bonchev–Trinajstić information content (AvgIpc) is 3.84. The molecule has 266 valence electrons. The molecule has 5 heterocycles. The summed E-state index contributed by atoms with van der Waals surface area (Å²) in [6.07, 6.45) is 0.216. The van der Waals surface area contributed by atoms with Gasteiger partial charge in [0.25, 0.3) is 11.9 Å². The predicted molar refractivity (Wildman–Crippen MR) is 178 cm³/mol. The minimum Gasteiger partial charge on any atom is -0.507 e. The van der Waals surface area contributed by atoms with E-state index in [0.717, 1.165) is 5.56 Å². The number of rotatable bonds is 11. The highest BCUT2D eigenvalue weighted by Gasteiger charge is 2.45. The zero-order valence-corrected chi connectivity index (χ0v) is 28.1. The lowest BCUT2D eigenvalue weighted by molar-refractivity contribution is -0.0468. The van der Waals surface area contributed by atoms with E-state index in [1.54, 1.807) is 35.4 Å². The Morgan fingerprint density at radius 3 is 2.42 bits per heavy atom. The molecule has 1 fully saturated rings. The number of nitrogen functional groups attached to an aromatic ring is 1. The molecule has 0 radical (unpaired) electrons. The number of nitrogens with zero attached hydrogens (tertiary/aromatic N) is 9. The van der Waals surface area contributed by atoms with Crippen molar-refractivity contribution in [2.45, 2.75) is 45.3 Å². The number of hydrogen-bond donors (Lipinski definition) is 5. The first kappa shape index (κ1) is 36.2. The smallest absolute Gasteiger partial charge is 0.362 e. The minimum absolute atomic E-state index is 0.0149. The summed E-state index contributed by atoms with van der Waals surface area (Å²) in [5.41, 5.74) is 7.37. The number of phenols is 1. The second-order valence-corrected chi connectivity index (χ2v) is 12.2. The third kappa shape index (κ3) is 8.01. The number of anilines is 1. The predicted octanol–water partition coefficient (Wildman–Crippen LogP) is 0.416. The SMILES string of the molecule is CCN(CC)CC.Nc1nc(-n2cc(-c3ccncc3)nn2)nc2c1ncn2[C@@H]1O[C@H](COS(=O)(=O)NC(=O)c2ccccc2O)[C@@H](O)[C@H]1O. The summed E-state index contributed by atoms with van der Waals surface area (Å²) in [6, 6.07) is 8.81. The minimum atomic E-state index is -4.70. The van der Waals surface area contributed by atoms with E-state index >= 15 is 0 Å². The number of benzene rings is 1. The number of nitrogens with one attached hydrogen (secondary N) is 1. The van der Waals surface area contributed by atoms with E-state index in [2.05, 4.69) is 55.9 Å². The Balaban J connectivity index is 0.000000630. The van der Waals surface area contributed by atoms with Crippen LogP contribution in [0.3, 0.4) is 0 Å². The van der Waals surface area contributed by atoms with Crippen LogP contribution in [-0.4, -0.2) is 119 Å². The molecule has 4 aromatic heterocycles. The van der Waals surface area contributed by atoms with E-state index in [1.807, 2.05) is 0 Å². The Bertz CT molecular complexity index is 2020. The molecule has 6 rings (SSSR count). The molecular weight excluding hydrogens is 674 g/mol. The number of aromatic nitrogens is 8. The van der Waals surface area contributed by atoms with Gasteiger partial charge in [-0.3, -0.25) is 18.5 Å². The molecule has 20 heteroatoms. The summed E-state index contributed by atoms with van der Waals surface area (Å²) in [6.45, 7) is 9.35. The first-order valence-corrected chi connectivity index (χ1v) is 16.9. The molecule has 5 aromatic rings. The number of aliphatic hydroxyl groups excluding tert-OH is 2. The number of phenolic OH excluding ortho intramolecular Hbond substituents is 1. The second-order valence-electron chi connectivity index (χ2n) is 10.9. The van der Waals surface area contributed by atoms with Crippen LogP contribution in [0, 0.1) is 0 Å². The quantitative estimate of drug-likeness (QED) is 0.124. The molecule has 1 aliphatic heterocycles. The summed E-state index contributed by atoms with van der Waals surface area (Å²) in [5, 5.41) is 39.3. The van der Waals surface area contributed by atoms with Crippen LogP contribution in [0.1, 0.15) is 37.4 Å². The van der Waals surface area contributed by atoms with Crippen LogP contribution in [0.25, 0.3) is 28.4 Å². The zero-order valence-electron chi connectivity index (χ0n) is 27.3. The maximum atomic E-state index is 12.4. The van der Waals surface area contributed by atoms with Crippen molar-refractivity contribution in [1.29, 1.82) is 0 Å². The number of para-hydroxylation sites is 1. The van der Waals surface area contributed by atoms with E-state index in [-0.39, 0.29) is 28.5 Å². The molecule has 0 unspecified atom stereocenters. The maximum absolute atomic E-state index is 12.4. The number of aliphatic hydroxyl groups is 2. The topological polar surface area (TPSA) is 259 Å². The van der Waals surface area contributed by atoms with Gasteiger partial charge in [-0.15, -0.1) is 5.10 Å². The lowest BCUT2D eigenvalue weighted by Crippen LogP contribution is -2.37. The van der Waals surface area contributed by atoms with Crippen LogP contribution in [-0.2, 0) is 19.2 Å². The first-order chi connectivity index (χ1) is 24.0. The molecule has 1 aliphatic rings. The van der Waals surface area contributed by atoms with Gasteiger partial charge in [0, 0.05) is 18.0 Å². The van der Waals surface area contributed by atoms with Gasteiger partial charge in [-0.25, -0.2) is 9.71 Å². The number of nitrogens with two attached hydrogens (primary N) is 1. The van der Waals surface area contributed by atoms with Crippen LogP contribution >= 0.6 is 0 Å². The monoisotopic (exact) mass is 711 g/mol. The third-order valence-corrected chi connectivity index (χ3v) is 8.70. The van der Waals surface area contributed by atoms with Crippen molar-refractivity contribution < 1.29 is 37.5 Å². The molecule has 50 heavy (non-hydrogen) atoms. The number of carbonyl (C=O) groups is 1. The number of amides is 1. The molecule has 0 saturated carbocycles. The van der Waals surface area contributed by atoms with Crippen LogP contribution in [0.5, 0.6) is 5.75 Å². The van der Waals surface area contributed by atoms with Gasteiger partial charge in [-0.2, -0.15) is 23.1 Å². The Morgan fingerprint density at radius 2 is 1.76 bits per heavy atom. The molecular formula is C30H37N11O8S. The van der Waals surface area contributed by atoms with Crippen molar-refractivity contribution in [3.8, 4) is 23.0 Å². The van der Waals surface area contributed by atoms with Gasteiger partial charge in [-0.05, 0) is 43.9 Å². The molecule has 1 amide bonds. The molecule has 1 saturated heterocycles. The fourth-order valence-corrected chi connectivity index (χ4v) is 5.73. The van der Waals surface area contributed by atoms with Crippen LogP contribution in [0.4, 0.5) is 5.82 Å². The molecule has 4 atom stereocenters. The Morgan fingerprint density at radius 1 is 1.06 bits per heavy atom. The third-order valence-electron chi connectivity index (χ3n) is 7.82. The van der Waals surface area contributed by atoms with Gasteiger partial charge < -0.3 is 30.7 Å². The summed E-state index contributed by atoms with van der Waals surface area (Å²) in [5.74, 6) is -1.56. The van der Waals surface area contributed by atoms with Gasteiger partial charge >= 0.3 is 10.3 Å². The highest BCUT2D eigenvalue weighted by atomic mass is 32.2. The largest absolute Gasteiger partial charge is 0.507 e. The molecule has 1 aromatic carbocycles. The molecule has 6 N–H and O–H groups in total. The highest BCUT2D eigenvalue weighted by Crippen LogP contribution is 2.33. The van der Waals surface area contributed by atoms with Gasteiger partial charge in [0.05, 0.1) is 24.7 Å². The van der Waals surface area contributed by atoms with Crippen molar-refractivity contribution in [2.75, 3.05) is 32.0 Å².